The number of thiocarbonyl (C=S) groups is 1. The molecule has 1 aliphatic rings. The zero-order valence-electron chi connectivity index (χ0n) is 14.5. The molecule has 3 nitrogen and oxygen atoms in total. The molecule has 0 heterocycles. The van der Waals surface area contributed by atoms with E-state index in [-0.39, 0.29) is 5.54 Å². The summed E-state index contributed by atoms with van der Waals surface area (Å²) in [4.78, 5) is 0. The van der Waals surface area contributed by atoms with Crippen molar-refractivity contribution in [2.45, 2.75) is 44.6 Å². The minimum absolute atomic E-state index is 0.0732. The van der Waals surface area contributed by atoms with Gasteiger partial charge in [0.1, 0.15) is 0 Å². The zero-order valence-corrected chi connectivity index (χ0v) is 15.3. The van der Waals surface area contributed by atoms with Crippen LogP contribution in [0.5, 0.6) is 0 Å². The Morgan fingerprint density at radius 1 is 1.12 bits per heavy atom. The number of nitrogens with one attached hydrogen (secondary N) is 2. The molecular formula is C21H23N3S. The van der Waals surface area contributed by atoms with Crippen LogP contribution < -0.4 is 10.6 Å². The summed E-state index contributed by atoms with van der Waals surface area (Å²) < 4.78 is 0. The maximum Gasteiger partial charge on any atom is 0.171 e. The van der Waals surface area contributed by atoms with Gasteiger partial charge in [-0.1, -0.05) is 49.2 Å². The van der Waals surface area contributed by atoms with Crippen molar-refractivity contribution in [1.29, 1.82) is 5.26 Å². The van der Waals surface area contributed by atoms with Crippen LogP contribution in [0.1, 0.15) is 42.4 Å². The Labute approximate surface area is 155 Å². The van der Waals surface area contributed by atoms with Crippen molar-refractivity contribution >= 4 is 23.0 Å². The van der Waals surface area contributed by atoms with Crippen molar-refractivity contribution in [2.75, 3.05) is 5.32 Å². The molecule has 0 radical (unpaired) electrons. The van der Waals surface area contributed by atoms with Gasteiger partial charge in [0.05, 0.1) is 18.0 Å². The quantitative estimate of drug-likeness (QED) is 0.777. The molecule has 0 bridgehead atoms. The van der Waals surface area contributed by atoms with Crippen LogP contribution in [0.4, 0.5) is 5.69 Å². The highest BCUT2D eigenvalue weighted by molar-refractivity contribution is 7.80. The first-order valence-corrected chi connectivity index (χ1v) is 9.15. The van der Waals surface area contributed by atoms with Crippen molar-refractivity contribution in [3.8, 4) is 6.07 Å². The van der Waals surface area contributed by atoms with Crippen LogP contribution in [0.15, 0.2) is 48.5 Å². The predicted molar refractivity (Wildman–Crippen MR) is 106 cm³/mol. The van der Waals surface area contributed by atoms with E-state index < -0.39 is 0 Å². The van der Waals surface area contributed by atoms with Gasteiger partial charge in [-0.25, -0.2) is 0 Å². The summed E-state index contributed by atoms with van der Waals surface area (Å²) in [5.41, 5.74) is 4.54. The van der Waals surface area contributed by atoms with E-state index in [1.54, 1.807) is 0 Å². The van der Waals surface area contributed by atoms with Gasteiger partial charge >= 0.3 is 0 Å². The number of hydrogen-bond acceptors (Lipinski definition) is 2. The largest absolute Gasteiger partial charge is 0.353 e. The van der Waals surface area contributed by atoms with Gasteiger partial charge in [-0.3, -0.25) is 0 Å². The van der Waals surface area contributed by atoms with Gasteiger partial charge < -0.3 is 10.6 Å². The molecule has 0 saturated heterocycles. The first kappa shape index (κ1) is 17.4. The van der Waals surface area contributed by atoms with E-state index in [9.17, 15) is 0 Å². The van der Waals surface area contributed by atoms with Crippen LogP contribution in [0.3, 0.4) is 0 Å². The SMILES string of the molecule is Cc1ccccc1C1(NC(=S)Nc2ccc(CC#N)cc2)CCCC1. The lowest BCUT2D eigenvalue weighted by Gasteiger charge is -2.33. The molecule has 0 amide bonds. The Bertz CT molecular complexity index is 784. The predicted octanol–water partition coefficient (Wildman–Crippen LogP) is 4.82. The van der Waals surface area contributed by atoms with Crippen LogP contribution in [-0.2, 0) is 12.0 Å². The van der Waals surface area contributed by atoms with Gasteiger partial charge in [0.15, 0.2) is 5.11 Å². The van der Waals surface area contributed by atoms with Crippen molar-refractivity contribution in [2.24, 2.45) is 0 Å². The second-order valence-corrected chi connectivity index (χ2v) is 7.12. The van der Waals surface area contributed by atoms with Crippen LogP contribution in [0.25, 0.3) is 0 Å². The molecule has 2 N–H and O–H groups in total. The van der Waals surface area contributed by atoms with Crippen molar-refractivity contribution in [1.82, 2.24) is 5.32 Å². The normalized spacial score (nSPS) is 15.4. The van der Waals surface area contributed by atoms with E-state index in [0.717, 1.165) is 24.1 Å². The maximum absolute atomic E-state index is 8.76. The van der Waals surface area contributed by atoms with Crippen molar-refractivity contribution < 1.29 is 0 Å². The second kappa shape index (κ2) is 7.67. The lowest BCUT2D eigenvalue weighted by molar-refractivity contribution is 0.406. The number of nitriles is 1. The first-order valence-electron chi connectivity index (χ1n) is 8.74. The first-order chi connectivity index (χ1) is 12.1. The molecule has 2 aromatic rings. The average molecular weight is 350 g/mol. The van der Waals surface area contributed by atoms with Crippen molar-refractivity contribution in [3.05, 3.63) is 65.2 Å². The number of benzene rings is 2. The Morgan fingerprint density at radius 3 is 2.44 bits per heavy atom. The Kier molecular flexibility index (Phi) is 5.35. The van der Waals surface area contributed by atoms with Crippen LogP contribution in [0.2, 0.25) is 0 Å². The third-order valence-corrected chi connectivity index (χ3v) is 5.17. The molecule has 1 fully saturated rings. The standard InChI is InChI=1S/C21H23N3S/c1-16-6-2-3-7-19(16)21(13-4-5-14-21)24-20(25)23-18-10-8-17(9-11-18)12-15-22/h2-3,6-11H,4-5,12-14H2,1H3,(H2,23,24,25). The highest BCUT2D eigenvalue weighted by Crippen LogP contribution is 2.40. The van der Waals surface area contributed by atoms with Crippen LogP contribution in [-0.4, -0.2) is 5.11 Å². The number of anilines is 1. The minimum atomic E-state index is -0.0732. The summed E-state index contributed by atoms with van der Waals surface area (Å²) in [5, 5.41) is 16.3. The molecule has 1 saturated carbocycles. The summed E-state index contributed by atoms with van der Waals surface area (Å²) in [6, 6.07) is 18.6. The Hall–Kier alpha value is -2.38. The molecule has 2 aromatic carbocycles. The molecule has 3 rings (SSSR count). The third-order valence-electron chi connectivity index (χ3n) is 4.97. The van der Waals surface area contributed by atoms with E-state index in [1.165, 1.54) is 24.0 Å². The molecular weight excluding hydrogens is 326 g/mol. The Balaban J connectivity index is 1.74. The minimum Gasteiger partial charge on any atom is -0.353 e. The maximum atomic E-state index is 8.76. The fourth-order valence-corrected chi connectivity index (χ4v) is 4.04. The number of aryl methyl sites for hydroxylation is 1. The topological polar surface area (TPSA) is 47.8 Å². The lowest BCUT2D eigenvalue weighted by atomic mass is 9.85. The van der Waals surface area contributed by atoms with Gasteiger partial charge in [0.2, 0.25) is 0 Å². The number of hydrogen-bond donors (Lipinski definition) is 2. The van der Waals surface area contributed by atoms with Crippen LogP contribution >= 0.6 is 12.2 Å². The summed E-state index contributed by atoms with van der Waals surface area (Å²) in [5.74, 6) is 0. The molecule has 0 aliphatic heterocycles. The molecule has 25 heavy (non-hydrogen) atoms. The van der Waals surface area contributed by atoms with E-state index in [2.05, 4.69) is 47.9 Å². The fraction of sp³-hybridized carbons (Fsp3) is 0.333. The number of nitrogens with zero attached hydrogens (tertiary/aromatic N) is 1. The summed E-state index contributed by atoms with van der Waals surface area (Å²) in [6.45, 7) is 2.17. The lowest BCUT2D eigenvalue weighted by Crippen LogP contribution is -2.46. The third kappa shape index (κ3) is 4.00. The Morgan fingerprint density at radius 2 is 1.80 bits per heavy atom. The van der Waals surface area contributed by atoms with E-state index >= 15 is 0 Å². The van der Waals surface area contributed by atoms with E-state index in [1.807, 2.05) is 24.3 Å². The molecule has 1 aliphatic carbocycles. The summed E-state index contributed by atoms with van der Waals surface area (Å²) in [7, 11) is 0. The molecule has 128 valence electrons. The van der Waals surface area contributed by atoms with Crippen LogP contribution in [0, 0.1) is 18.3 Å². The van der Waals surface area contributed by atoms with Gasteiger partial charge in [-0.05, 0) is 60.8 Å². The molecule has 0 atom stereocenters. The van der Waals surface area contributed by atoms with Gasteiger partial charge in [-0.2, -0.15) is 5.26 Å². The van der Waals surface area contributed by atoms with Crippen molar-refractivity contribution in [3.63, 3.8) is 0 Å². The molecule has 0 spiro atoms. The molecule has 0 unspecified atom stereocenters. The average Bonchev–Trinajstić information content (AvgIpc) is 3.06. The summed E-state index contributed by atoms with van der Waals surface area (Å²) >= 11 is 5.60. The monoisotopic (exact) mass is 349 g/mol. The second-order valence-electron chi connectivity index (χ2n) is 6.72. The zero-order chi connectivity index (χ0) is 17.7. The van der Waals surface area contributed by atoms with E-state index in [0.29, 0.717) is 11.5 Å². The smallest absolute Gasteiger partial charge is 0.171 e. The van der Waals surface area contributed by atoms with Gasteiger partial charge in [-0.15, -0.1) is 0 Å². The van der Waals surface area contributed by atoms with E-state index in [4.69, 9.17) is 17.5 Å². The number of rotatable bonds is 4. The fourth-order valence-electron chi connectivity index (χ4n) is 3.73. The molecule has 4 heteroatoms. The van der Waals surface area contributed by atoms with Gasteiger partial charge in [0, 0.05) is 5.69 Å². The molecule has 0 aromatic heterocycles. The summed E-state index contributed by atoms with van der Waals surface area (Å²) in [6.07, 6.45) is 5.06. The highest BCUT2D eigenvalue weighted by Gasteiger charge is 2.37. The van der Waals surface area contributed by atoms with Gasteiger partial charge in [0.25, 0.3) is 0 Å². The highest BCUT2D eigenvalue weighted by atomic mass is 32.1.